The Balaban J connectivity index is 1.49. The van der Waals surface area contributed by atoms with Crippen LogP contribution >= 0.6 is 11.3 Å². The van der Waals surface area contributed by atoms with E-state index in [0.29, 0.717) is 10.8 Å². The van der Waals surface area contributed by atoms with Crippen LogP contribution in [0.2, 0.25) is 0 Å². The average molecular weight is 407 g/mol. The van der Waals surface area contributed by atoms with Gasteiger partial charge in [-0.15, -0.1) is 11.3 Å². The molecule has 0 aromatic carbocycles. The van der Waals surface area contributed by atoms with Crippen LogP contribution in [-0.4, -0.2) is 48.9 Å². The smallest absolute Gasteiger partial charge is 0.348 e. The minimum atomic E-state index is -0.462. The molecule has 7 heteroatoms. The van der Waals surface area contributed by atoms with E-state index in [-0.39, 0.29) is 36.4 Å². The van der Waals surface area contributed by atoms with Crippen molar-refractivity contribution in [1.82, 2.24) is 10.2 Å². The van der Waals surface area contributed by atoms with E-state index in [2.05, 4.69) is 26.1 Å². The zero-order valence-corrected chi connectivity index (χ0v) is 18.0. The molecule has 28 heavy (non-hydrogen) atoms. The Morgan fingerprint density at radius 1 is 1.25 bits per heavy atom. The minimum absolute atomic E-state index is 0.0195. The molecule has 0 bridgehead atoms. The van der Waals surface area contributed by atoms with Crippen LogP contribution in [0.15, 0.2) is 6.07 Å². The van der Waals surface area contributed by atoms with Crippen LogP contribution in [0.4, 0.5) is 0 Å². The number of likely N-dealkylation sites (N-methyl/N-ethyl adjacent to an activating group) is 1. The first kappa shape index (κ1) is 20.8. The summed E-state index contributed by atoms with van der Waals surface area (Å²) < 4.78 is 5.21. The maximum atomic E-state index is 12.4. The number of aryl methyl sites for hydroxylation is 1. The third-order valence-electron chi connectivity index (χ3n) is 5.58. The Morgan fingerprint density at radius 3 is 2.61 bits per heavy atom. The molecular formula is C21H30N2O4S. The normalized spacial score (nSPS) is 18.9. The van der Waals surface area contributed by atoms with Gasteiger partial charge in [0, 0.05) is 18.0 Å². The van der Waals surface area contributed by atoms with Crippen molar-refractivity contribution in [2.45, 2.75) is 58.9 Å². The van der Waals surface area contributed by atoms with Crippen LogP contribution in [0.25, 0.3) is 0 Å². The van der Waals surface area contributed by atoms with Crippen molar-refractivity contribution in [2.75, 3.05) is 20.2 Å². The lowest BCUT2D eigenvalue weighted by Crippen LogP contribution is -2.40. The second-order valence-corrected chi connectivity index (χ2v) is 10.2. The zero-order chi connectivity index (χ0) is 20.5. The Bertz CT molecular complexity index is 761. The highest BCUT2D eigenvalue weighted by molar-refractivity contribution is 7.14. The summed E-state index contributed by atoms with van der Waals surface area (Å²) in [5, 5.41) is 2.83. The molecule has 1 aromatic heterocycles. The highest BCUT2D eigenvalue weighted by atomic mass is 32.1. The molecule has 0 radical (unpaired) electrons. The Kier molecular flexibility index (Phi) is 6.12. The predicted molar refractivity (Wildman–Crippen MR) is 108 cm³/mol. The third kappa shape index (κ3) is 5.34. The lowest BCUT2D eigenvalue weighted by atomic mass is 9.72. The summed E-state index contributed by atoms with van der Waals surface area (Å²) >= 11 is 1.48. The van der Waals surface area contributed by atoms with Gasteiger partial charge in [-0.1, -0.05) is 20.8 Å². The molecular weight excluding hydrogens is 376 g/mol. The first-order valence-corrected chi connectivity index (χ1v) is 10.8. The highest BCUT2D eigenvalue weighted by Gasteiger charge is 2.31. The predicted octanol–water partition coefficient (Wildman–Crippen LogP) is 2.79. The summed E-state index contributed by atoms with van der Waals surface area (Å²) in [6.45, 7) is 6.42. The van der Waals surface area contributed by atoms with Gasteiger partial charge in [-0.2, -0.15) is 0 Å². The van der Waals surface area contributed by atoms with Crippen molar-refractivity contribution in [3.05, 3.63) is 21.4 Å². The Morgan fingerprint density at radius 2 is 1.96 bits per heavy atom. The minimum Gasteiger partial charge on any atom is -0.451 e. The summed E-state index contributed by atoms with van der Waals surface area (Å²) in [5.41, 5.74) is 1.49. The fraction of sp³-hybridized carbons (Fsp3) is 0.667. The van der Waals surface area contributed by atoms with Crippen molar-refractivity contribution in [2.24, 2.45) is 11.3 Å². The molecule has 154 valence electrons. The topological polar surface area (TPSA) is 75.7 Å². The first-order valence-electron chi connectivity index (χ1n) is 9.95. The van der Waals surface area contributed by atoms with Crippen LogP contribution < -0.4 is 5.32 Å². The maximum absolute atomic E-state index is 12.4. The zero-order valence-electron chi connectivity index (χ0n) is 17.2. The lowest BCUT2D eigenvalue weighted by molar-refractivity contribution is -0.137. The molecule has 2 aliphatic rings. The first-order chi connectivity index (χ1) is 13.1. The number of hydrogen-bond donors (Lipinski definition) is 1. The molecule has 2 aliphatic carbocycles. The monoisotopic (exact) mass is 406 g/mol. The SMILES string of the molecule is CN(CC(=O)NC1CC1)C(=O)COC(=O)c1cc2c(s1)CC[C@@H](C(C)(C)C)C2. The van der Waals surface area contributed by atoms with Gasteiger partial charge in [0.2, 0.25) is 5.91 Å². The highest BCUT2D eigenvalue weighted by Crippen LogP contribution is 2.40. The van der Waals surface area contributed by atoms with E-state index < -0.39 is 5.97 Å². The fourth-order valence-electron chi connectivity index (χ4n) is 3.48. The van der Waals surface area contributed by atoms with E-state index in [1.807, 2.05) is 6.07 Å². The van der Waals surface area contributed by atoms with Gasteiger partial charge in [0.05, 0.1) is 6.54 Å². The molecule has 3 rings (SSSR count). The van der Waals surface area contributed by atoms with Gasteiger partial charge >= 0.3 is 5.97 Å². The van der Waals surface area contributed by atoms with Crippen LogP contribution in [0, 0.1) is 11.3 Å². The van der Waals surface area contributed by atoms with Crippen LogP contribution in [0.5, 0.6) is 0 Å². The summed E-state index contributed by atoms with van der Waals surface area (Å²) in [7, 11) is 1.54. The number of nitrogens with one attached hydrogen (secondary N) is 1. The molecule has 1 atom stereocenters. The largest absolute Gasteiger partial charge is 0.451 e. The number of amides is 2. The van der Waals surface area contributed by atoms with Gasteiger partial charge in [0.15, 0.2) is 6.61 Å². The standard InChI is InChI=1S/C21H30N2O4S/c1-21(2,3)14-5-8-16-13(9-14)10-17(28-16)20(26)27-12-19(25)23(4)11-18(24)22-15-6-7-15/h10,14-15H,5-9,11-12H2,1-4H3,(H,22,24)/t14-/m1/s1. The number of fused-ring (bicyclic) bond motifs is 1. The Labute approximate surface area is 170 Å². The summed E-state index contributed by atoms with van der Waals surface area (Å²) in [4.78, 5) is 39.4. The van der Waals surface area contributed by atoms with Crippen molar-refractivity contribution in [1.29, 1.82) is 0 Å². The average Bonchev–Trinajstić information content (AvgIpc) is 3.32. The Hall–Kier alpha value is -1.89. The molecule has 0 saturated heterocycles. The van der Waals surface area contributed by atoms with Crippen molar-refractivity contribution < 1.29 is 19.1 Å². The summed E-state index contributed by atoms with van der Waals surface area (Å²) in [6, 6.07) is 2.19. The van der Waals surface area contributed by atoms with E-state index in [4.69, 9.17) is 4.74 Å². The third-order valence-corrected chi connectivity index (χ3v) is 6.80. The van der Waals surface area contributed by atoms with Gasteiger partial charge in [0.1, 0.15) is 4.88 Å². The second kappa shape index (κ2) is 8.23. The number of carbonyl (C=O) groups excluding carboxylic acids is 3. The molecule has 0 aliphatic heterocycles. The number of rotatable bonds is 6. The molecule has 1 fully saturated rings. The summed E-state index contributed by atoms with van der Waals surface area (Å²) in [5.74, 6) is -0.413. The van der Waals surface area contributed by atoms with Gasteiger partial charge in [-0.05, 0) is 55.1 Å². The number of ether oxygens (including phenoxy) is 1. The van der Waals surface area contributed by atoms with Crippen molar-refractivity contribution in [3.63, 3.8) is 0 Å². The van der Waals surface area contributed by atoms with Crippen LogP contribution in [0.1, 0.15) is 60.1 Å². The van der Waals surface area contributed by atoms with Gasteiger partial charge in [-0.25, -0.2) is 4.79 Å². The number of nitrogens with zero attached hydrogens (tertiary/aromatic N) is 1. The van der Waals surface area contributed by atoms with E-state index in [1.165, 1.54) is 26.7 Å². The molecule has 0 spiro atoms. The quantitative estimate of drug-likeness (QED) is 0.737. The molecule has 6 nitrogen and oxygen atoms in total. The van der Waals surface area contributed by atoms with Gasteiger partial charge in [0.25, 0.3) is 5.91 Å². The van der Waals surface area contributed by atoms with Crippen LogP contribution in [0.3, 0.4) is 0 Å². The number of esters is 1. The van der Waals surface area contributed by atoms with E-state index >= 15 is 0 Å². The lowest BCUT2D eigenvalue weighted by Gasteiger charge is -2.33. The maximum Gasteiger partial charge on any atom is 0.348 e. The second-order valence-electron chi connectivity index (χ2n) is 9.03. The number of carbonyl (C=O) groups is 3. The molecule has 0 unspecified atom stereocenters. The molecule has 1 saturated carbocycles. The van der Waals surface area contributed by atoms with Gasteiger partial charge in [-0.3, -0.25) is 9.59 Å². The summed E-state index contributed by atoms with van der Waals surface area (Å²) in [6.07, 6.45) is 5.12. The van der Waals surface area contributed by atoms with Crippen LogP contribution in [-0.2, 0) is 27.2 Å². The van der Waals surface area contributed by atoms with Crippen molar-refractivity contribution in [3.8, 4) is 0 Å². The van der Waals surface area contributed by atoms with E-state index in [9.17, 15) is 14.4 Å². The van der Waals surface area contributed by atoms with E-state index in [1.54, 1.807) is 7.05 Å². The molecule has 1 aromatic rings. The molecule has 1 N–H and O–H groups in total. The van der Waals surface area contributed by atoms with Crippen molar-refractivity contribution >= 4 is 29.1 Å². The van der Waals surface area contributed by atoms with E-state index in [0.717, 1.165) is 32.1 Å². The molecule has 1 heterocycles. The molecule has 2 amide bonds. The number of thiophene rings is 1. The number of hydrogen-bond acceptors (Lipinski definition) is 5. The van der Waals surface area contributed by atoms with Gasteiger partial charge < -0.3 is 15.0 Å². The fourth-order valence-corrected chi connectivity index (χ4v) is 4.58.